The number of aliphatic hydroxyl groups excluding tert-OH is 1. The average molecular weight is 590 g/mol. The van der Waals surface area contributed by atoms with E-state index in [2.05, 4.69) is 24.3 Å². The molecule has 2 aliphatic carbocycles. The van der Waals surface area contributed by atoms with Crippen LogP contribution in [0.15, 0.2) is 54.6 Å². The van der Waals surface area contributed by atoms with Gasteiger partial charge < -0.3 is 29.9 Å². The molecule has 6 N–H and O–H groups in total. The Labute approximate surface area is 253 Å². The van der Waals surface area contributed by atoms with E-state index in [0.29, 0.717) is 19.3 Å². The topological polar surface area (TPSA) is 142 Å². The van der Waals surface area contributed by atoms with Gasteiger partial charge in [-0.15, -0.1) is 0 Å². The molecule has 0 aromatic heterocycles. The van der Waals surface area contributed by atoms with Crippen LogP contribution in [0.3, 0.4) is 0 Å². The summed E-state index contributed by atoms with van der Waals surface area (Å²) in [6, 6.07) is 17.2. The fraction of sp³-hybridized carbons (Fsp3) is 0.457. The van der Waals surface area contributed by atoms with Crippen molar-refractivity contribution in [1.29, 1.82) is 0 Å². The zero-order chi connectivity index (χ0) is 30.6. The van der Waals surface area contributed by atoms with E-state index in [1.807, 2.05) is 6.07 Å². The van der Waals surface area contributed by atoms with E-state index in [1.54, 1.807) is 18.2 Å². The van der Waals surface area contributed by atoms with Crippen LogP contribution in [0, 0.1) is 5.92 Å². The summed E-state index contributed by atoms with van der Waals surface area (Å²) < 4.78 is 10.8. The first-order valence-electron chi connectivity index (χ1n) is 15.3. The van der Waals surface area contributed by atoms with Gasteiger partial charge in [0.15, 0.2) is 23.0 Å². The number of aryl methyl sites for hydroxylation is 1. The fourth-order valence-electron chi connectivity index (χ4n) is 7.77. The number of aliphatic hydroxyl groups is 1. The minimum Gasteiger partial charge on any atom is -0.504 e. The van der Waals surface area contributed by atoms with Crippen LogP contribution in [0.25, 0.3) is 0 Å². The highest BCUT2D eigenvalue weighted by Crippen LogP contribution is 2.58. The number of Topliss-reactive ketones (excluding diaryl/α,β-unsaturated/α-hetero) is 1. The molecule has 1 saturated carbocycles. The molecule has 0 aliphatic heterocycles. The number of benzene rings is 3. The third-order valence-corrected chi connectivity index (χ3v) is 9.67. The van der Waals surface area contributed by atoms with Gasteiger partial charge in [-0.1, -0.05) is 49.2 Å². The van der Waals surface area contributed by atoms with Gasteiger partial charge in [-0.2, -0.15) is 0 Å². The number of methoxy groups -OCH3 is 1. The zero-order valence-electron chi connectivity index (χ0n) is 24.8. The Morgan fingerprint density at radius 1 is 1.05 bits per heavy atom. The number of fused-ring (bicyclic) bond motifs is 1. The van der Waals surface area contributed by atoms with Crippen LogP contribution in [-0.4, -0.2) is 46.2 Å². The average Bonchev–Trinajstić information content (AvgIpc) is 3.50. The van der Waals surface area contributed by atoms with Gasteiger partial charge in [-0.3, -0.25) is 10.5 Å². The monoisotopic (exact) mass is 589 g/mol. The second-order valence-corrected chi connectivity index (χ2v) is 12.1. The van der Waals surface area contributed by atoms with E-state index in [4.69, 9.17) is 15.2 Å². The predicted molar refractivity (Wildman–Crippen MR) is 164 cm³/mol. The third kappa shape index (κ3) is 6.31. The van der Waals surface area contributed by atoms with Crippen molar-refractivity contribution in [2.24, 2.45) is 11.7 Å². The van der Waals surface area contributed by atoms with Gasteiger partial charge in [0.05, 0.1) is 13.2 Å². The zero-order valence-corrected chi connectivity index (χ0v) is 24.8. The van der Waals surface area contributed by atoms with Crippen molar-refractivity contribution < 1.29 is 34.7 Å². The van der Waals surface area contributed by atoms with Crippen molar-refractivity contribution in [3.8, 4) is 28.7 Å². The molecule has 0 spiro atoms. The highest BCUT2D eigenvalue weighted by atomic mass is 16.5. The van der Waals surface area contributed by atoms with Gasteiger partial charge in [0.25, 0.3) is 0 Å². The normalized spacial score (nSPS) is 19.9. The number of carbonyl (C=O) groups is 1. The highest BCUT2D eigenvalue weighted by Gasteiger charge is 2.49. The van der Waals surface area contributed by atoms with E-state index in [1.165, 1.54) is 18.7 Å². The largest absolute Gasteiger partial charge is 0.504 e. The molecule has 8 heteroatoms. The van der Waals surface area contributed by atoms with Crippen molar-refractivity contribution in [2.75, 3.05) is 13.8 Å². The SMILES string of the molecule is COc1c(O)c(O)cc2c1CCC(C1(c3ccccc3)CCCC1)C2CC(O)CC(=O)CCc1ccc(O)c(OCN)c1. The Balaban J connectivity index is 1.39. The Bertz CT molecular complexity index is 1420. The minimum absolute atomic E-state index is 0.00945. The van der Waals surface area contributed by atoms with Crippen LogP contribution in [0.1, 0.15) is 79.5 Å². The molecule has 0 bridgehead atoms. The van der Waals surface area contributed by atoms with Crippen LogP contribution in [0.4, 0.5) is 0 Å². The summed E-state index contributed by atoms with van der Waals surface area (Å²) in [5.74, 6) is 0.0408. The molecule has 2 aliphatic rings. The van der Waals surface area contributed by atoms with Crippen LogP contribution < -0.4 is 15.2 Å². The first-order chi connectivity index (χ1) is 20.8. The predicted octanol–water partition coefficient (Wildman–Crippen LogP) is 5.61. The first-order valence-corrected chi connectivity index (χ1v) is 15.3. The third-order valence-electron chi connectivity index (χ3n) is 9.67. The molecule has 0 saturated heterocycles. The van der Waals surface area contributed by atoms with E-state index < -0.39 is 6.10 Å². The molecule has 0 radical (unpaired) electrons. The first kappa shape index (κ1) is 30.7. The van der Waals surface area contributed by atoms with Gasteiger partial charge >= 0.3 is 0 Å². The standard InChI is InChI=1S/C35H43NO7/c1-42-34-26-12-13-29(35(15-5-6-16-35)23-7-3-2-4-8-23)28(27(26)20-31(40)33(34)41)19-25(38)18-24(37)11-9-22-10-14-30(39)32(17-22)43-21-36/h2-4,7-8,10,14,17,20,25,28-29,38-41H,5-6,9,11-13,15-16,18-19,21,36H2,1H3. The molecule has 1 fully saturated rings. The molecule has 0 amide bonds. The molecule has 43 heavy (non-hydrogen) atoms. The van der Waals surface area contributed by atoms with Crippen molar-refractivity contribution in [1.82, 2.24) is 0 Å². The summed E-state index contributed by atoms with van der Waals surface area (Å²) in [5, 5.41) is 42.6. The summed E-state index contributed by atoms with van der Waals surface area (Å²) in [6.45, 7) is -0.0672. The molecular weight excluding hydrogens is 546 g/mol. The number of phenolic OH excluding ortho intramolecular Hbond substituents is 3. The second-order valence-electron chi connectivity index (χ2n) is 12.1. The maximum atomic E-state index is 13.1. The van der Waals surface area contributed by atoms with Gasteiger partial charge in [0.1, 0.15) is 12.5 Å². The summed E-state index contributed by atoms with van der Waals surface area (Å²) in [4.78, 5) is 13.1. The van der Waals surface area contributed by atoms with Crippen molar-refractivity contribution in [2.45, 2.75) is 81.6 Å². The van der Waals surface area contributed by atoms with Crippen molar-refractivity contribution in [3.05, 3.63) is 76.9 Å². The molecule has 8 nitrogen and oxygen atoms in total. The van der Waals surface area contributed by atoms with E-state index in [-0.39, 0.29) is 71.4 Å². The van der Waals surface area contributed by atoms with Crippen molar-refractivity contribution >= 4 is 5.78 Å². The summed E-state index contributed by atoms with van der Waals surface area (Å²) in [6.07, 6.45) is 6.09. The molecule has 3 aromatic carbocycles. The highest BCUT2D eigenvalue weighted by molar-refractivity contribution is 5.79. The number of ketones is 1. The number of ether oxygens (including phenoxy) is 2. The van der Waals surface area contributed by atoms with Gasteiger partial charge in [0, 0.05) is 18.4 Å². The van der Waals surface area contributed by atoms with Gasteiger partial charge in [-0.25, -0.2) is 0 Å². The quantitative estimate of drug-likeness (QED) is 0.136. The van der Waals surface area contributed by atoms with Crippen LogP contribution in [0.2, 0.25) is 0 Å². The molecule has 0 heterocycles. The number of phenols is 3. The Morgan fingerprint density at radius 3 is 2.49 bits per heavy atom. The van der Waals surface area contributed by atoms with Crippen molar-refractivity contribution in [3.63, 3.8) is 0 Å². The number of hydrogen-bond donors (Lipinski definition) is 5. The van der Waals surface area contributed by atoms with Gasteiger partial charge in [0.2, 0.25) is 5.75 Å². The van der Waals surface area contributed by atoms with Gasteiger partial charge in [-0.05, 0) is 90.7 Å². The molecule has 3 aromatic rings. The fourth-order valence-corrected chi connectivity index (χ4v) is 7.77. The van der Waals surface area contributed by atoms with E-state index in [0.717, 1.165) is 48.8 Å². The lowest BCUT2D eigenvalue weighted by Gasteiger charge is -2.47. The molecule has 3 atom stereocenters. The maximum absolute atomic E-state index is 13.1. The number of nitrogens with two attached hydrogens (primary N) is 1. The molecule has 5 rings (SSSR count). The Hall–Kier alpha value is -3.75. The lowest BCUT2D eigenvalue weighted by Crippen LogP contribution is -2.40. The summed E-state index contributed by atoms with van der Waals surface area (Å²) >= 11 is 0. The Morgan fingerprint density at radius 2 is 1.79 bits per heavy atom. The lowest BCUT2D eigenvalue weighted by molar-refractivity contribution is -0.121. The molecular formula is C35H43NO7. The smallest absolute Gasteiger partial charge is 0.200 e. The summed E-state index contributed by atoms with van der Waals surface area (Å²) in [5.41, 5.74) is 9.25. The molecule has 3 unspecified atom stereocenters. The molecule has 230 valence electrons. The maximum Gasteiger partial charge on any atom is 0.200 e. The lowest BCUT2D eigenvalue weighted by atomic mass is 9.57. The number of carbonyl (C=O) groups excluding carboxylic acids is 1. The van der Waals surface area contributed by atoms with Crippen LogP contribution in [-0.2, 0) is 23.1 Å². The number of aromatic hydroxyl groups is 3. The van der Waals surface area contributed by atoms with E-state index >= 15 is 0 Å². The van der Waals surface area contributed by atoms with E-state index in [9.17, 15) is 25.2 Å². The Kier molecular flexibility index (Phi) is 9.47. The summed E-state index contributed by atoms with van der Waals surface area (Å²) in [7, 11) is 1.49. The number of rotatable bonds is 12. The number of hydrogen-bond acceptors (Lipinski definition) is 8. The minimum atomic E-state index is -0.877. The second kappa shape index (κ2) is 13.3. The van der Waals surface area contributed by atoms with Crippen LogP contribution >= 0.6 is 0 Å². The van der Waals surface area contributed by atoms with Crippen LogP contribution in [0.5, 0.6) is 28.7 Å².